The average Bonchev–Trinajstić information content (AvgIpc) is 2.39. The Labute approximate surface area is 103 Å². The number of aromatic nitrogens is 1. The number of carbonyl (C=O) groups excluding carboxylic acids is 1. The van der Waals surface area contributed by atoms with Crippen molar-refractivity contribution in [1.29, 1.82) is 5.26 Å². The number of nitriles is 1. The van der Waals surface area contributed by atoms with E-state index in [2.05, 4.69) is 10.3 Å². The molecule has 0 saturated heterocycles. The molecule has 2 N–H and O–H groups in total. The second-order valence-corrected chi connectivity index (χ2v) is 3.58. The lowest BCUT2D eigenvalue weighted by atomic mass is 10.2. The first-order chi connectivity index (χ1) is 8.69. The number of carbonyl (C=O) groups is 1. The van der Waals surface area contributed by atoms with Gasteiger partial charge >= 0.3 is 0 Å². The zero-order valence-corrected chi connectivity index (χ0v) is 9.31. The van der Waals surface area contributed by atoms with Crippen LogP contribution in [-0.4, -0.2) is 10.9 Å². The fraction of sp³-hybridized carbons (Fsp3) is 0. The third-order valence-corrected chi connectivity index (χ3v) is 2.29. The quantitative estimate of drug-likeness (QED) is 0.832. The van der Waals surface area contributed by atoms with Gasteiger partial charge in [0, 0.05) is 24.0 Å². The van der Waals surface area contributed by atoms with E-state index >= 15 is 0 Å². The fourth-order valence-corrected chi connectivity index (χ4v) is 1.40. The first kappa shape index (κ1) is 11.6. The number of hydrogen-bond donors (Lipinski definition) is 2. The molecular formula is C13H9N3O2. The summed E-state index contributed by atoms with van der Waals surface area (Å²) in [7, 11) is 0. The predicted molar refractivity (Wildman–Crippen MR) is 66.2 cm³/mol. The molecule has 1 amide bonds. The van der Waals surface area contributed by atoms with E-state index in [4.69, 9.17) is 5.26 Å². The number of nitrogens with zero attached hydrogens (tertiary/aromatic N) is 1. The minimum atomic E-state index is -0.405. The first-order valence-corrected chi connectivity index (χ1v) is 5.19. The molecule has 1 heterocycles. The number of rotatable bonds is 2. The van der Waals surface area contributed by atoms with Crippen LogP contribution in [0.5, 0.6) is 0 Å². The number of benzene rings is 1. The molecule has 0 aliphatic heterocycles. The highest BCUT2D eigenvalue weighted by molar-refractivity contribution is 6.02. The van der Waals surface area contributed by atoms with Crippen molar-refractivity contribution in [3.05, 3.63) is 64.1 Å². The molecule has 0 fully saturated rings. The molecule has 0 spiro atoms. The van der Waals surface area contributed by atoms with Gasteiger partial charge in [0.05, 0.1) is 11.6 Å². The highest BCUT2D eigenvalue weighted by Gasteiger charge is 2.06. The van der Waals surface area contributed by atoms with Crippen LogP contribution in [0, 0.1) is 11.3 Å². The van der Waals surface area contributed by atoms with Crippen LogP contribution in [0.25, 0.3) is 0 Å². The molecular weight excluding hydrogens is 230 g/mol. The maximum Gasteiger partial charge on any atom is 0.272 e. The van der Waals surface area contributed by atoms with Gasteiger partial charge in [-0.05, 0) is 24.3 Å². The molecule has 0 aliphatic carbocycles. The molecule has 1 aromatic carbocycles. The molecule has 0 aliphatic rings. The third-order valence-electron chi connectivity index (χ3n) is 2.29. The van der Waals surface area contributed by atoms with E-state index in [1.54, 1.807) is 24.3 Å². The Bertz CT molecular complexity index is 666. The Morgan fingerprint density at radius 3 is 2.56 bits per heavy atom. The van der Waals surface area contributed by atoms with Gasteiger partial charge in [0.15, 0.2) is 5.43 Å². The van der Waals surface area contributed by atoms with Crippen LogP contribution < -0.4 is 10.7 Å². The molecule has 0 atom stereocenters. The van der Waals surface area contributed by atoms with E-state index < -0.39 is 5.91 Å². The number of anilines is 1. The topological polar surface area (TPSA) is 85.8 Å². The molecule has 5 nitrogen and oxygen atoms in total. The Balaban J connectivity index is 2.16. The summed E-state index contributed by atoms with van der Waals surface area (Å²) in [6.07, 6.45) is 1.41. The summed E-state index contributed by atoms with van der Waals surface area (Å²) in [6.45, 7) is 0. The summed E-state index contributed by atoms with van der Waals surface area (Å²) in [6, 6.07) is 11.0. The maximum atomic E-state index is 11.8. The van der Waals surface area contributed by atoms with Gasteiger partial charge in [-0.25, -0.2) is 0 Å². The maximum absolute atomic E-state index is 11.8. The summed E-state index contributed by atoms with van der Waals surface area (Å²) in [4.78, 5) is 25.6. The molecule has 0 saturated carbocycles. The number of amides is 1. The zero-order valence-electron chi connectivity index (χ0n) is 9.31. The number of hydrogen-bond acceptors (Lipinski definition) is 3. The lowest BCUT2D eigenvalue weighted by molar-refractivity contribution is 0.102. The van der Waals surface area contributed by atoms with Crippen molar-refractivity contribution in [1.82, 2.24) is 4.98 Å². The first-order valence-electron chi connectivity index (χ1n) is 5.19. The van der Waals surface area contributed by atoms with Gasteiger partial charge in [-0.3, -0.25) is 9.59 Å². The molecule has 88 valence electrons. The Hall–Kier alpha value is -2.87. The van der Waals surface area contributed by atoms with E-state index in [0.29, 0.717) is 11.3 Å². The molecule has 1 aromatic heterocycles. The Kier molecular flexibility index (Phi) is 3.21. The van der Waals surface area contributed by atoms with Crippen molar-refractivity contribution in [3.8, 4) is 6.07 Å². The molecule has 0 unspecified atom stereocenters. The summed E-state index contributed by atoms with van der Waals surface area (Å²) < 4.78 is 0. The summed E-state index contributed by atoms with van der Waals surface area (Å²) in [5.74, 6) is -0.405. The molecule has 0 bridgehead atoms. The molecule has 2 rings (SSSR count). The molecule has 2 aromatic rings. The summed E-state index contributed by atoms with van der Waals surface area (Å²) >= 11 is 0. The second kappa shape index (κ2) is 4.97. The summed E-state index contributed by atoms with van der Waals surface area (Å²) in [5.41, 5.74) is 1.02. The minimum Gasteiger partial charge on any atom is -0.357 e. The average molecular weight is 239 g/mol. The van der Waals surface area contributed by atoms with E-state index in [9.17, 15) is 9.59 Å². The van der Waals surface area contributed by atoms with Crippen LogP contribution in [-0.2, 0) is 0 Å². The molecule has 5 heteroatoms. The molecule has 0 radical (unpaired) electrons. The Morgan fingerprint density at radius 1 is 1.22 bits per heavy atom. The smallest absolute Gasteiger partial charge is 0.272 e. The van der Waals surface area contributed by atoms with E-state index in [-0.39, 0.29) is 11.1 Å². The van der Waals surface area contributed by atoms with Gasteiger partial charge in [0.1, 0.15) is 5.69 Å². The van der Waals surface area contributed by atoms with Crippen LogP contribution in [0.3, 0.4) is 0 Å². The largest absolute Gasteiger partial charge is 0.357 e. The number of aromatic amines is 1. The summed E-state index contributed by atoms with van der Waals surface area (Å²) in [5, 5.41) is 11.3. The molecule has 18 heavy (non-hydrogen) atoms. The van der Waals surface area contributed by atoms with Crippen LogP contribution in [0.2, 0.25) is 0 Å². The Morgan fingerprint density at radius 2 is 1.94 bits per heavy atom. The van der Waals surface area contributed by atoms with Gasteiger partial charge in [-0.15, -0.1) is 0 Å². The number of nitrogens with one attached hydrogen (secondary N) is 2. The van der Waals surface area contributed by atoms with Gasteiger partial charge in [0.2, 0.25) is 0 Å². The van der Waals surface area contributed by atoms with E-state index in [1.165, 1.54) is 18.3 Å². The van der Waals surface area contributed by atoms with Crippen LogP contribution in [0.15, 0.2) is 47.4 Å². The minimum absolute atomic E-state index is 0.187. The van der Waals surface area contributed by atoms with Crippen LogP contribution in [0.4, 0.5) is 5.69 Å². The standard InChI is InChI=1S/C13H9N3O2/c14-8-9-1-3-10(4-2-9)16-13(18)12-7-11(17)5-6-15-12/h1-7H,(H,15,17)(H,16,18). The van der Waals surface area contributed by atoms with Crippen molar-refractivity contribution in [2.24, 2.45) is 0 Å². The van der Waals surface area contributed by atoms with Crippen molar-refractivity contribution in [3.63, 3.8) is 0 Å². The highest BCUT2D eigenvalue weighted by atomic mass is 16.2. The van der Waals surface area contributed by atoms with Gasteiger partial charge in [0.25, 0.3) is 5.91 Å². The van der Waals surface area contributed by atoms with Crippen LogP contribution in [0.1, 0.15) is 16.1 Å². The predicted octanol–water partition coefficient (Wildman–Crippen LogP) is 1.50. The van der Waals surface area contributed by atoms with Crippen molar-refractivity contribution in [2.75, 3.05) is 5.32 Å². The van der Waals surface area contributed by atoms with Crippen molar-refractivity contribution >= 4 is 11.6 Å². The lowest BCUT2D eigenvalue weighted by Gasteiger charge is -2.04. The van der Waals surface area contributed by atoms with Gasteiger partial charge in [-0.2, -0.15) is 5.26 Å². The monoisotopic (exact) mass is 239 g/mol. The zero-order chi connectivity index (χ0) is 13.0. The SMILES string of the molecule is N#Cc1ccc(NC(=O)c2cc(=O)cc[nH]2)cc1. The fourth-order valence-electron chi connectivity index (χ4n) is 1.40. The van der Waals surface area contributed by atoms with Gasteiger partial charge in [-0.1, -0.05) is 0 Å². The number of pyridine rings is 1. The normalized spacial score (nSPS) is 9.50. The van der Waals surface area contributed by atoms with Crippen LogP contribution >= 0.6 is 0 Å². The number of H-pyrrole nitrogens is 1. The van der Waals surface area contributed by atoms with E-state index in [1.807, 2.05) is 6.07 Å². The third kappa shape index (κ3) is 2.62. The lowest BCUT2D eigenvalue weighted by Crippen LogP contribution is -2.16. The van der Waals surface area contributed by atoms with Crippen molar-refractivity contribution < 1.29 is 4.79 Å². The van der Waals surface area contributed by atoms with Gasteiger partial charge < -0.3 is 10.3 Å². The van der Waals surface area contributed by atoms with Crippen molar-refractivity contribution in [2.45, 2.75) is 0 Å². The van der Waals surface area contributed by atoms with E-state index in [0.717, 1.165) is 0 Å². The highest BCUT2D eigenvalue weighted by Crippen LogP contribution is 2.09. The second-order valence-electron chi connectivity index (χ2n) is 3.58.